The summed E-state index contributed by atoms with van der Waals surface area (Å²) in [5, 5.41) is 8.17. The average molecular weight is 226 g/mol. The van der Waals surface area contributed by atoms with E-state index in [0.717, 1.165) is 12.8 Å². The molecule has 2 atom stereocenters. The van der Waals surface area contributed by atoms with Gasteiger partial charge in [0.15, 0.2) is 5.69 Å². The normalized spacial score (nSPS) is 24.7. The summed E-state index contributed by atoms with van der Waals surface area (Å²) in [6.07, 6.45) is 3.87. The van der Waals surface area contributed by atoms with Gasteiger partial charge in [0.1, 0.15) is 0 Å². The Bertz CT molecular complexity index is 376. The highest BCUT2D eigenvalue weighted by molar-refractivity contribution is 7.81. The number of amides is 1. The maximum atomic E-state index is 11.6. The van der Waals surface area contributed by atoms with E-state index in [1.807, 2.05) is 0 Å². The lowest BCUT2D eigenvalue weighted by Gasteiger charge is -2.32. The molecule has 1 heterocycles. The zero-order valence-electron chi connectivity index (χ0n) is 8.79. The summed E-state index contributed by atoms with van der Waals surface area (Å²) < 4.78 is 1.75. The minimum Gasteiger partial charge on any atom is -0.343 e. The number of hydrogen-bond donors (Lipinski definition) is 1. The van der Waals surface area contributed by atoms with Crippen molar-refractivity contribution in [2.75, 3.05) is 14.1 Å². The van der Waals surface area contributed by atoms with Crippen molar-refractivity contribution in [1.29, 1.82) is 0 Å². The Morgan fingerprint density at radius 1 is 1.60 bits per heavy atom. The highest BCUT2D eigenvalue weighted by atomic mass is 32.1. The summed E-state index contributed by atoms with van der Waals surface area (Å²) >= 11 is 4.41. The number of thiol groups is 1. The van der Waals surface area contributed by atoms with Crippen molar-refractivity contribution in [3.63, 3.8) is 0 Å². The number of carbonyl (C=O) groups is 1. The van der Waals surface area contributed by atoms with Crippen LogP contribution in [0.15, 0.2) is 6.20 Å². The third-order valence-electron chi connectivity index (χ3n) is 2.68. The Balaban J connectivity index is 2.13. The first-order valence-corrected chi connectivity index (χ1v) is 5.43. The summed E-state index contributed by atoms with van der Waals surface area (Å²) in [7, 11) is 3.40. The predicted molar refractivity (Wildman–Crippen MR) is 59.1 cm³/mol. The fraction of sp³-hybridized carbons (Fsp3) is 0.667. The van der Waals surface area contributed by atoms with E-state index in [1.165, 1.54) is 4.90 Å². The Kier molecular flexibility index (Phi) is 2.68. The van der Waals surface area contributed by atoms with Crippen molar-refractivity contribution in [3.05, 3.63) is 11.9 Å². The third kappa shape index (κ3) is 1.86. The minimum atomic E-state index is -0.115. The predicted octanol–water partition coefficient (Wildman–Crippen LogP) is 0.613. The summed E-state index contributed by atoms with van der Waals surface area (Å²) in [5.74, 6) is -0.115. The highest BCUT2D eigenvalue weighted by Gasteiger charge is 2.30. The molecule has 5 nitrogen and oxygen atoms in total. The van der Waals surface area contributed by atoms with Gasteiger partial charge in [-0.1, -0.05) is 5.21 Å². The number of rotatable bonds is 2. The first kappa shape index (κ1) is 10.5. The van der Waals surface area contributed by atoms with E-state index in [9.17, 15) is 4.79 Å². The molecule has 1 aromatic rings. The van der Waals surface area contributed by atoms with Crippen molar-refractivity contribution < 1.29 is 4.79 Å². The van der Waals surface area contributed by atoms with Crippen molar-refractivity contribution in [1.82, 2.24) is 19.9 Å². The molecule has 1 aliphatic rings. The van der Waals surface area contributed by atoms with E-state index in [2.05, 4.69) is 22.9 Å². The third-order valence-corrected chi connectivity index (χ3v) is 3.28. The second kappa shape index (κ2) is 3.84. The van der Waals surface area contributed by atoms with Crippen LogP contribution in [-0.2, 0) is 0 Å². The molecular formula is C9H14N4OS. The molecule has 0 aromatic carbocycles. The van der Waals surface area contributed by atoms with Crippen molar-refractivity contribution in [2.24, 2.45) is 0 Å². The van der Waals surface area contributed by atoms with Crippen LogP contribution in [0.4, 0.5) is 0 Å². The molecule has 0 spiro atoms. The van der Waals surface area contributed by atoms with Crippen LogP contribution in [0, 0.1) is 0 Å². The van der Waals surface area contributed by atoms with Gasteiger partial charge in [-0.3, -0.25) is 4.79 Å². The van der Waals surface area contributed by atoms with Gasteiger partial charge in [-0.15, -0.1) is 5.10 Å². The molecule has 1 aromatic heterocycles. The molecule has 6 heteroatoms. The Labute approximate surface area is 93.9 Å². The lowest BCUT2D eigenvalue weighted by atomic mass is 9.92. The quantitative estimate of drug-likeness (QED) is 0.752. The van der Waals surface area contributed by atoms with Crippen LogP contribution < -0.4 is 0 Å². The summed E-state index contributed by atoms with van der Waals surface area (Å²) in [4.78, 5) is 13.1. The Morgan fingerprint density at radius 3 is 2.80 bits per heavy atom. The van der Waals surface area contributed by atoms with Gasteiger partial charge in [0.25, 0.3) is 5.91 Å². The fourth-order valence-electron chi connectivity index (χ4n) is 1.54. The zero-order chi connectivity index (χ0) is 11.0. The lowest BCUT2D eigenvalue weighted by molar-refractivity contribution is 0.0822. The average Bonchev–Trinajstić information content (AvgIpc) is 2.63. The zero-order valence-corrected chi connectivity index (χ0v) is 9.69. The fourth-order valence-corrected chi connectivity index (χ4v) is 1.97. The molecule has 0 saturated heterocycles. The highest BCUT2D eigenvalue weighted by Crippen LogP contribution is 2.35. The van der Waals surface area contributed by atoms with Crippen molar-refractivity contribution >= 4 is 18.5 Å². The molecule has 1 amide bonds. The van der Waals surface area contributed by atoms with Crippen LogP contribution in [0.5, 0.6) is 0 Å². The largest absolute Gasteiger partial charge is 0.343 e. The molecule has 15 heavy (non-hydrogen) atoms. The van der Waals surface area contributed by atoms with Crippen molar-refractivity contribution in [2.45, 2.75) is 24.1 Å². The summed E-state index contributed by atoms with van der Waals surface area (Å²) in [5.41, 5.74) is 0.396. The standard InChI is InChI=1S/C9H14N4OS/c1-12(2)9(14)6-5-13(11-10-6)7-3-4-8(7)15/h5,7-8,15H,3-4H2,1-2H3. The number of hydrogen-bond acceptors (Lipinski definition) is 4. The topological polar surface area (TPSA) is 51.0 Å². The van der Waals surface area contributed by atoms with Gasteiger partial charge in [0, 0.05) is 19.3 Å². The maximum absolute atomic E-state index is 11.6. The van der Waals surface area contributed by atoms with Crippen LogP contribution in [0.3, 0.4) is 0 Å². The van der Waals surface area contributed by atoms with Gasteiger partial charge >= 0.3 is 0 Å². The van der Waals surface area contributed by atoms with E-state index in [1.54, 1.807) is 25.0 Å². The van der Waals surface area contributed by atoms with E-state index in [4.69, 9.17) is 0 Å². The number of aromatic nitrogens is 3. The molecule has 2 rings (SSSR count). The first-order chi connectivity index (χ1) is 7.09. The van der Waals surface area contributed by atoms with Gasteiger partial charge in [-0.25, -0.2) is 4.68 Å². The molecule has 1 aliphatic carbocycles. The summed E-state index contributed by atoms with van der Waals surface area (Å²) in [6.45, 7) is 0. The van der Waals surface area contributed by atoms with Gasteiger partial charge in [-0.2, -0.15) is 12.6 Å². The monoisotopic (exact) mass is 226 g/mol. The molecule has 0 aliphatic heterocycles. The van der Waals surface area contributed by atoms with Crippen LogP contribution in [0.25, 0.3) is 0 Å². The minimum absolute atomic E-state index is 0.115. The molecule has 2 unspecified atom stereocenters. The molecule has 0 N–H and O–H groups in total. The van der Waals surface area contributed by atoms with E-state index < -0.39 is 0 Å². The lowest BCUT2D eigenvalue weighted by Crippen LogP contribution is -2.30. The smallest absolute Gasteiger partial charge is 0.275 e. The maximum Gasteiger partial charge on any atom is 0.275 e. The number of nitrogens with zero attached hydrogens (tertiary/aromatic N) is 4. The number of carbonyl (C=O) groups excluding carboxylic acids is 1. The first-order valence-electron chi connectivity index (χ1n) is 4.91. The van der Waals surface area contributed by atoms with Gasteiger partial charge < -0.3 is 4.90 Å². The van der Waals surface area contributed by atoms with Crippen LogP contribution in [-0.4, -0.2) is 45.1 Å². The molecular weight excluding hydrogens is 212 g/mol. The molecule has 0 radical (unpaired) electrons. The second-order valence-electron chi connectivity index (χ2n) is 4.00. The molecule has 1 fully saturated rings. The van der Waals surface area contributed by atoms with Crippen molar-refractivity contribution in [3.8, 4) is 0 Å². The van der Waals surface area contributed by atoms with Gasteiger partial charge in [0.2, 0.25) is 0 Å². The molecule has 1 saturated carbocycles. The van der Waals surface area contributed by atoms with Crippen LogP contribution in [0.1, 0.15) is 29.4 Å². The van der Waals surface area contributed by atoms with Crippen LogP contribution in [0.2, 0.25) is 0 Å². The SMILES string of the molecule is CN(C)C(=O)c1cn(C2CCC2S)nn1. The Hall–Kier alpha value is -1.04. The van der Waals surface area contributed by atoms with E-state index in [-0.39, 0.29) is 5.91 Å². The van der Waals surface area contributed by atoms with Crippen LogP contribution >= 0.6 is 12.6 Å². The van der Waals surface area contributed by atoms with E-state index in [0.29, 0.717) is 17.0 Å². The van der Waals surface area contributed by atoms with E-state index >= 15 is 0 Å². The second-order valence-corrected chi connectivity index (χ2v) is 4.66. The Morgan fingerprint density at radius 2 is 2.33 bits per heavy atom. The van der Waals surface area contributed by atoms with Gasteiger partial charge in [-0.05, 0) is 12.8 Å². The molecule has 0 bridgehead atoms. The summed E-state index contributed by atoms with van der Waals surface area (Å²) in [6, 6.07) is 0.296. The molecule has 82 valence electrons. The van der Waals surface area contributed by atoms with Gasteiger partial charge in [0.05, 0.1) is 12.2 Å².